The van der Waals surface area contributed by atoms with Gasteiger partial charge in [-0.15, -0.1) is 0 Å². The van der Waals surface area contributed by atoms with Gasteiger partial charge in [-0.2, -0.15) is 0 Å². The maximum absolute atomic E-state index is 11.4. The quantitative estimate of drug-likeness (QED) is 0.776. The van der Waals surface area contributed by atoms with Crippen LogP contribution in [-0.4, -0.2) is 44.0 Å². The third-order valence-electron chi connectivity index (χ3n) is 3.92. The second-order valence-corrected chi connectivity index (χ2v) is 5.36. The zero-order chi connectivity index (χ0) is 14.5. The SMILES string of the molecule is COc1cc(C(C)=O)ccc1OCC1CCCCN1C. The van der Waals surface area contributed by atoms with E-state index in [9.17, 15) is 4.79 Å². The molecule has 1 atom stereocenters. The molecule has 1 aliphatic heterocycles. The Balaban J connectivity index is 2.03. The summed E-state index contributed by atoms with van der Waals surface area (Å²) in [5, 5.41) is 0. The van der Waals surface area contributed by atoms with Gasteiger partial charge in [-0.1, -0.05) is 6.42 Å². The maximum atomic E-state index is 11.4. The maximum Gasteiger partial charge on any atom is 0.161 e. The average molecular weight is 277 g/mol. The van der Waals surface area contributed by atoms with E-state index in [1.54, 1.807) is 26.2 Å². The van der Waals surface area contributed by atoms with E-state index in [1.807, 2.05) is 6.07 Å². The van der Waals surface area contributed by atoms with Gasteiger partial charge in [0.15, 0.2) is 17.3 Å². The number of benzene rings is 1. The standard InChI is InChI=1S/C16H23NO3/c1-12(18)13-7-8-15(16(10-13)19-3)20-11-14-6-4-5-9-17(14)2/h7-8,10,14H,4-6,9,11H2,1-3H3. The molecule has 1 saturated heterocycles. The predicted molar refractivity (Wildman–Crippen MR) is 78.8 cm³/mol. The molecule has 1 heterocycles. The zero-order valence-corrected chi connectivity index (χ0v) is 12.5. The van der Waals surface area contributed by atoms with Crippen LogP contribution in [0, 0.1) is 0 Å². The minimum atomic E-state index is 0.0295. The first kappa shape index (κ1) is 14.9. The van der Waals surface area contributed by atoms with Crippen LogP contribution in [0.1, 0.15) is 36.5 Å². The van der Waals surface area contributed by atoms with E-state index in [2.05, 4.69) is 11.9 Å². The molecule has 1 fully saturated rings. The minimum Gasteiger partial charge on any atom is -0.493 e. The summed E-state index contributed by atoms with van der Waals surface area (Å²) >= 11 is 0. The number of ketones is 1. The van der Waals surface area contributed by atoms with E-state index in [0.717, 1.165) is 6.54 Å². The van der Waals surface area contributed by atoms with Gasteiger partial charge in [-0.3, -0.25) is 4.79 Å². The Kier molecular flexibility index (Phi) is 5.01. The summed E-state index contributed by atoms with van der Waals surface area (Å²) in [6, 6.07) is 5.80. The van der Waals surface area contributed by atoms with Gasteiger partial charge in [0, 0.05) is 11.6 Å². The van der Waals surface area contributed by atoms with E-state index < -0.39 is 0 Å². The van der Waals surface area contributed by atoms with Gasteiger partial charge in [0.05, 0.1) is 7.11 Å². The molecule has 0 N–H and O–H groups in total. The molecule has 1 aromatic carbocycles. The molecule has 4 heteroatoms. The van der Waals surface area contributed by atoms with Crippen LogP contribution in [0.4, 0.5) is 0 Å². The van der Waals surface area contributed by atoms with Crippen molar-refractivity contribution < 1.29 is 14.3 Å². The highest BCUT2D eigenvalue weighted by Crippen LogP contribution is 2.29. The van der Waals surface area contributed by atoms with Gasteiger partial charge in [-0.05, 0) is 51.6 Å². The number of carbonyl (C=O) groups excluding carboxylic acids is 1. The number of likely N-dealkylation sites (N-methyl/N-ethyl adjacent to an activating group) is 1. The number of likely N-dealkylation sites (tertiary alicyclic amines) is 1. The molecule has 2 rings (SSSR count). The summed E-state index contributed by atoms with van der Waals surface area (Å²) in [6.45, 7) is 3.34. The lowest BCUT2D eigenvalue weighted by molar-refractivity contribution is 0.101. The van der Waals surface area contributed by atoms with Crippen molar-refractivity contribution in [2.24, 2.45) is 0 Å². The van der Waals surface area contributed by atoms with Gasteiger partial charge in [-0.25, -0.2) is 0 Å². The predicted octanol–water partition coefficient (Wildman–Crippen LogP) is 2.76. The Hall–Kier alpha value is -1.55. The third kappa shape index (κ3) is 3.51. The molecule has 0 spiro atoms. The Labute approximate surface area is 120 Å². The number of ether oxygens (including phenoxy) is 2. The van der Waals surface area contributed by atoms with Crippen molar-refractivity contribution in [3.05, 3.63) is 23.8 Å². The lowest BCUT2D eigenvalue weighted by Crippen LogP contribution is -2.40. The summed E-state index contributed by atoms with van der Waals surface area (Å²) in [6.07, 6.45) is 3.70. The van der Waals surface area contributed by atoms with Crippen molar-refractivity contribution in [1.82, 2.24) is 4.90 Å². The Bertz CT molecular complexity index is 473. The Morgan fingerprint density at radius 1 is 1.35 bits per heavy atom. The molecule has 1 unspecified atom stereocenters. The first-order valence-electron chi connectivity index (χ1n) is 7.14. The molecule has 4 nitrogen and oxygen atoms in total. The minimum absolute atomic E-state index is 0.0295. The monoisotopic (exact) mass is 277 g/mol. The van der Waals surface area contributed by atoms with Crippen molar-refractivity contribution in [2.75, 3.05) is 27.3 Å². The Morgan fingerprint density at radius 2 is 2.15 bits per heavy atom. The highest BCUT2D eigenvalue weighted by atomic mass is 16.5. The molecule has 0 bridgehead atoms. The van der Waals surface area contributed by atoms with Crippen LogP contribution in [-0.2, 0) is 0 Å². The molecule has 1 aromatic rings. The number of carbonyl (C=O) groups is 1. The molecule has 0 aromatic heterocycles. The summed E-state index contributed by atoms with van der Waals surface area (Å²) in [7, 11) is 3.74. The van der Waals surface area contributed by atoms with E-state index >= 15 is 0 Å². The topological polar surface area (TPSA) is 38.8 Å². The second kappa shape index (κ2) is 6.75. The third-order valence-corrected chi connectivity index (χ3v) is 3.92. The van der Waals surface area contributed by atoms with Crippen LogP contribution >= 0.6 is 0 Å². The van der Waals surface area contributed by atoms with Gasteiger partial charge in [0.2, 0.25) is 0 Å². The van der Waals surface area contributed by atoms with Gasteiger partial charge in [0.1, 0.15) is 6.61 Å². The fourth-order valence-electron chi connectivity index (χ4n) is 2.55. The number of rotatable bonds is 5. The number of nitrogens with zero attached hydrogens (tertiary/aromatic N) is 1. The molecule has 0 radical (unpaired) electrons. The first-order valence-corrected chi connectivity index (χ1v) is 7.14. The van der Waals surface area contributed by atoms with Crippen molar-refractivity contribution in [2.45, 2.75) is 32.2 Å². The first-order chi connectivity index (χ1) is 9.61. The summed E-state index contributed by atoms with van der Waals surface area (Å²) in [4.78, 5) is 13.7. The molecular weight excluding hydrogens is 254 g/mol. The van der Waals surface area contributed by atoms with E-state index in [-0.39, 0.29) is 5.78 Å². The number of methoxy groups -OCH3 is 1. The molecule has 0 amide bonds. The highest BCUT2D eigenvalue weighted by molar-refractivity contribution is 5.94. The summed E-state index contributed by atoms with van der Waals surface area (Å²) in [5.74, 6) is 1.36. The van der Waals surface area contributed by atoms with Crippen LogP contribution in [0.2, 0.25) is 0 Å². The Morgan fingerprint density at radius 3 is 2.80 bits per heavy atom. The van der Waals surface area contributed by atoms with Crippen LogP contribution in [0.25, 0.3) is 0 Å². The van der Waals surface area contributed by atoms with Crippen LogP contribution in [0.3, 0.4) is 0 Å². The summed E-state index contributed by atoms with van der Waals surface area (Å²) in [5.41, 5.74) is 0.643. The van der Waals surface area contributed by atoms with Crippen LogP contribution < -0.4 is 9.47 Å². The number of hydrogen-bond donors (Lipinski definition) is 0. The number of Topliss-reactive ketones (excluding diaryl/α,β-unsaturated/α-hetero) is 1. The van der Waals surface area contributed by atoms with Gasteiger partial charge < -0.3 is 14.4 Å². The molecule has 0 aliphatic carbocycles. The smallest absolute Gasteiger partial charge is 0.161 e. The van der Waals surface area contributed by atoms with Gasteiger partial charge >= 0.3 is 0 Å². The molecule has 1 aliphatic rings. The van der Waals surface area contributed by atoms with E-state index in [4.69, 9.17) is 9.47 Å². The number of hydrogen-bond acceptors (Lipinski definition) is 4. The van der Waals surface area contributed by atoms with Gasteiger partial charge in [0.25, 0.3) is 0 Å². The van der Waals surface area contributed by atoms with E-state index in [0.29, 0.717) is 29.7 Å². The van der Waals surface area contributed by atoms with Crippen LogP contribution in [0.15, 0.2) is 18.2 Å². The summed E-state index contributed by atoms with van der Waals surface area (Å²) < 4.78 is 11.2. The van der Waals surface area contributed by atoms with Crippen LogP contribution in [0.5, 0.6) is 11.5 Å². The largest absolute Gasteiger partial charge is 0.493 e. The normalized spacial score (nSPS) is 19.6. The fourth-order valence-corrected chi connectivity index (χ4v) is 2.55. The average Bonchev–Trinajstić information content (AvgIpc) is 2.46. The molecule has 0 saturated carbocycles. The fraction of sp³-hybridized carbons (Fsp3) is 0.562. The van der Waals surface area contributed by atoms with E-state index in [1.165, 1.54) is 19.3 Å². The lowest BCUT2D eigenvalue weighted by atomic mass is 10.0. The van der Waals surface area contributed by atoms with Crippen molar-refractivity contribution in [3.63, 3.8) is 0 Å². The zero-order valence-electron chi connectivity index (χ0n) is 12.5. The van der Waals surface area contributed by atoms with Crippen molar-refractivity contribution in [1.29, 1.82) is 0 Å². The lowest BCUT2D eigenvalue weighted by Gasteiger charge is -2.32. The second-order valence-electron chi connectivity index (χ2n) is 5.36. The van der Waals surface area contributed by atoms with Crippen molar-refractivity contribution >= 4 is 5.78 Å². The molecular formula is C16H23NO3. The number of piperidine rings is 1. The highest BCUT2D eigenvalue weighted by Gasteiger charge is 2.20. The van der Waals surface area contributed by atoms with Crippen molar-refractivity contribution in [3.8, 4) is 11.5 Å². The molecule has 20 heavy (non-hydrogen) atoms. The molecule has 110 valence electrons.